The predicted octanol–water partition coefficient (Wildman–Crippen LogP) is 4.95. The highest BCUT2D eigenvalue weighted by molar-refractivity contribution is 6.46. The lowest BCUT2D eigenvalue weighted by atomic mass is 9.92. The zero-order valence-electron chi connectivity index (χ0n) is 21.0. The van der Waals surface area contributed by atoms with Gasteiger partial charge in [-0.1, -0.05) is 48.0 Å². The van der Waals surface area contributed by atoms with Crippen molar-refractivity contribution in [3.63, 3.8) is 0 Å². The van der Waals surface area contributed by atoms with Crippen LogP contribution in [0.2, 0.25) is 0 Å². The van der Waals surface area contributed by atoms with Crippen molar-refractivity contribution in [1.82, 2.24) is 4.90 Å². The minimum Gasteiger partial charge on any atom is -0.507 e. The van der Waals surface area contributed by atoms with E-state index in [4.69, 9.17) is 14.2 Å². The summed E-state index contributed by atoms with van der Waals surface area (Å²) in [6.07, 6.45) is 0. The van der Waals surface area contributed by atoms with Crippen LogP contribution in [-0.4, -0.2) is 43.0 Å². The maximum absolute atomic E-state index is 13.4. The van der Waals surface area contributed by atoms with Gasteiger partial charge in [-0.25, -0.2) is 0 Å². The lowest BCUT2D eigenvalue weighted by Crippen LogP contribution is -2.29. The number of methoxy groups -OCH3 is 3. The molecule has 1 fully saturated rings. The molecule has 36 heavy (non-hydrogen) atoms. The van der Waals surface area contributed by atoms with Crippen LogP contribution in [0.1, 0.15) is 33.9 Å². The van der Waals surface area contributed by atoms with Gasteiger partial charge in [-0.05, 0) is 48.7 Å². The Morgan fingerprint density at radius 2 is 1.53 bits per heavy atom. The molecule has 1 amide bonds. The van der Waals surface area contributed by atoms with Crippen molar-refractivity contribution in [1.29, 1.82) is 0 Å². The van der Waals surface area contributed by atoms with E-state index in [1.54, 1.807) is 12.1 Å². The van der Waals surface area contributed by atoms with Crippen LogP contribution in [0.5, 0.6) is 17.2 Å². The first-order chi connectivity index (χ1) is 17.3. The zero-order valence-corrected chi connectivity index (χ0v) is 21.0. The van der Waals surface area contributed by atoms with Gasteiger partial charge in [0.25, 0.3) is 11.7 Å². The van der Waals surface area contributed by atoms with Crippen LogP contribution in [-0.2, 0) is 16.1 Å². The molecule has 7 nitrogen and oxygen atoms in total. The van der Waals surface area contributed by atoms with Gasteiger partial charge in [0, 0.05) is 12.1 Å². The molecule has 0 saturated carbocycles. The van der Waals surface area contributed by atoms with Crippen molar-refractivity contribution in [3.8, 4) is 17.2 Å². The van der Waals surface area contributed by atoms with E-state index in [0.717, 1.165) is 16.7 Å². The molecule has 1 aliphatic rings. The minimum absolute atomic E-state index is 0.0129. The second kappa shape index (κ2) is 10.2. The highest BCUT2D eigenvalue weighted by Crippen LogP contribution is 2.46. The van der Waals surface area contributed by atoms with Crippen molar-refractivity contribution in [3.05, 3.63) is 94.1 Å². The van der Waals surface area contributed by atoms with Gasteiger partial charge in [0.1, 0.15) is 5.76 Å². The summed E-state index contributed by atoms with van der Waals surface area (Å²) in [5.74, 6) is -0.512. The largest absolute Gasteiger partial charge is 0.507 e. The number of nitrogens with zero attached hydrogens (tertiary/aromatic N) is 1. The molecule has 3 aromatic rings. The number of amides is 1. The molecule has 1 N–H and O–H groups in total. The molecule has 1 atom stereocenters. The molecule has 0 aliphatic carbocycles. The predicted molar refractivity (Wildman–Crippen MR) is 136 cm³/mol. The third kappa shape index (κ3) is 4.40. The number of carbonyl (C=O) groups excluding carboxylic acids is 2. The summed E-state index contributed by atoms with van der Waals surface area (Å²) in [5, 5.41) is 11.5. The lowest BCUT2D eigenvalue weighted by Gasteiger charge is -2.27. The van der Waals surface area contributed by atoms with Crippen LogP contribution < -0.4 is 14.2 Å². The number of carbonyl (C=O) groups is 2. The molecule has 1 heterocycles. The number of hydrogen-bond donors (Lipinski definition) is 1. The molecule has 186 valence electrons. The minimum atomic E-state index is -0.876. The molecule has 0 bridgehead atoms. The molecule has 1 unspecified atom stereocenters. The molecular weight excluding hydrogens is 458 g/mol. The molecule has 1 aliphatic heterocycles. The van der Waals surface area contributed by atoms with E-state index in [1.807, 2.05) is 62.4 Å². The fraction of sp³-hybridized carbons (Fsp3) is 0.241. The van der Waals surface area contributed by atoms with E-state index in [0.29, 0.717) is 28.4 Å². The molecule has 4 rings (SSSR count). The number of aryl methyl sites for hydroxylation is 2. The van der Waals surface area contributed by atoms with Gasteiger partial charge in [0.2, 0.25) is 5.75 Å². The summed E-state index contributed by atoms with van der Waals surface area (Å²) < 4.78 is 16.5. The van der Waals surface area contributed by atoms with E-state index in [1.165, 1.54) is 26.2 Å². The quantitative estimate of drug-likeness (QED) is 0.288. The summed E-state index contributed by atoms with van der Waals surface area (Å²) in [6.45, 7) is 3.93. The van der Waals surface area contributed by atoms with Crippen molar-refractivity contribution in [2.45, 2.75) is 26.4 Å². The molecule has 0 spiro atoms. The van der Waals surface area contributed by atoms with Crippen LogP contribution >= 0.6 is 0 Å². The topological polar surface area (TPSA) is 85.3 Å². The second-order valence-electron chi connectivity index (χ2n) is 8.69. The average molecular weight is 488 g/mol. The molecule has 0 aromatic heterocycles. The van der Waals surface area contributed by atoms with Crippen LogP contribution in [0.4, 0.5) is 0 Å². The number of rotatable bonds is 7. The van der Waals surface area contributed by atoms with Crippen molar-refractivity contribution in [2.24, 2.45) is 0 Å². The highest BCUT2D eigenvalue weighted by atomic mass is 16.5. The van der Waals surface area contributed by atoms with E-state index >= 15 is 0 Å². The Labute approximate surface area is 210 Å². The fourth-order valence-corrected chi connectivity index (χ4v) is 4.57. The van der Waals surface area contributed by atoms with Gasteiger partial charge in [0.05, 0.1) is 32.9 Å². The van der Waals surface area contributed by atoms with E-state index in [9.17, 15) is 14.7 Å². The number of aliphatic hydroxyl groups is 1. The molecule has 3 aromatic carbocycles. The van der Waals surface area contributed by atoms with Crippen molar-refractivity contribution < 1.29 is 28.9 Å². The Morgan fingerprint density at radius 3 is 2.11 bits per heavy atom. The highest BCUT2D eigenvalue weighted by Gasteiger charge is 2.46. The number of ether oxygens (including phenoxy) is 3. The maximum Gasteiger partial charge on any atom is 0.295 e. The first kappa shape index (κ1) is 24.9. The zero-order chi connectivity index (χ0) is 26.0. The van der Waals surface area contributed by atoms with Crippen molar-refractivity contribution in [2.75, 3.05) is 21.3 Å². The molecule has 1 saturated heterocycles. The average Bonchev–Trinajstić information content (AvgIpc) is 3.14. The molecule has 7 heteroatoms. The summed E-state index contributed by atoms with van der Waals surface area (Å²) in [5.41, 5.74) is 3.63. The first-order valence-corrected chi connectivity index (χ1v) is 11.5. The number of hydrogen-bond acceptors (Lipinski definition) is 6. The monoisotopic (exact) mass is 487 g/mol. The summed E-state index contributed by atoms with van der Waals surface area (Å²) in [7, 11) is 4.50. The molecular formula is C29H29NO6. The number of likely N-dealkylation sites (tertiary alicyclic amines) is 1. The van der Waals surface area contributed by atoms with Crippen LogP contribution in [0, 0.1) is 13.8 Å². The van der Waals surface area contributed by atoms with Crippen LogP contribution in [0.25, 0.3) is 5.76 Å². The van der Waals surface area contributed by atoms with E-state index in [-0.39, 0.29) is 17.9 Å². The summed E-state index contributed by atoms with van der Waals surface area (Å²) in [4.78, 5) is 28.3. The van der Waals surface area contributed by atoms with E-state index in [2.05, 4.69) is 0 Å². The number of benzene rings is 3. The van der Waals surface area contributed by atoms with Crippen molar-refractivity contribution >= 4 is 17.4 Å². The molecule has 0 radical (unpaired) electrons. The smallest absolute Gasteiger partial charge is 0.295 e. The van der Waals surface area contributed by atoms with Gasteiger partial charge in [-0.3, -0.25) is 9.59 Å². The SMILES string of the molecule is COc1cc(C2C(=C(O)c3cc(C)ccc3C)C(=O)C(=O)N2Cc2ccccc2)cc(OC)c1OC. The van der Waals surface area contributed by atoms with Crippen LogP contribution in [0.15, 0.2) is 66.2 Å². The number of ketones is 1. The van der Waals surface area contributed by atoms with Gasteiger partial charge in [-0.15, -0.1) is 0 Å². The van der Waals surface area contributed by atoms with Gasteiger partial charge >= 0.3 is 0 Å². The Balaban J connectivity index is 1.98. The Morgan fingerprint density at radius 1 is 0.889 bits per heavy atom. The summed E-state index contributed by atoms with van der Waals surface area (Å²) in [6, 6.07) is 17.5. The Kier molecular flexibility index (Phi) is 7.01. The maximum atomic E-state index is 13.4. The third-order valence-electron chi connectivity index (χ3n) is 6.39. The lowest BCUT2D eigenvalue weighted by molar-refractivity contribution is -0.140. The van der Waals surface area contributed by atoms with E-state index < -0.39 is 17.7 Å². The fourth-order valence-electron chi connectivity index (χ4n) is 4.57. The Bertz CT molecular complexity index is 1320. The second-order valence-corrected chi connectivity index (χ2v) is 8.69. The normalized spacial score (nSPS) is 16.8. The van der Waals surface area contributed by atoms with Gasteiger partial charge < -0.3 is 24.2 Å². The third-order valence-corrected chi connectivity index (χ3v) is 6.39. The number of aliphatic hydroxyl groups excluding tert-OH is 1. The van der Waals surface area contributed by atoms with Crippen LogP contribution in [0.3, 0.4) is 0 Å². The van der Waals surface area contributed by atoms with Gasteiger partial charge in [-0.2, -0.15) is 0 Å². The first-order valence-electron chi connectivity index (χ1n) is 11.5. The number of Topliss-reactive ketones (excluding diaryl/α,β-unsaturated/α-hetero) is 1. The standard InChI is InChI=1S/C29H29NO6/c1-17-11-12-18(2)21(13-17)26(31)24-25(20-14-22(34-3)28(36-5)23(15-20)35-4)30(29(33)27(24)32)16-19-9-7-6-8-10-19/h6-15,25,31H,16H2,1-5H3. The Hall–Kier alpha value is -4.26. The summed E-state index contributed by atoms with van der Waals surface area (Å²) >= 11 is 0. The van der Waals surface area contributed by atoms with Gasteiger partial charge in [0.15, 0.2) is 11.5 Å².